The van der Waals surface area contributed by atoms with Gasteiger partial charge in [0.1, 0.15) is 0 Å². The van der Waals surface area contributed by atoms with Crippen LogP contribution >= 0.6 is 0 Å². The third-order valence-electron chi connectivity index (χ3n) is 4.47. The van der Waals surface area contributed by atoms with Crippen molar-refractivity contribution in [3.63, 3.8) is 0 Å². The van der Waals surface area contributed by atoms with Gasteiger partial charge in [0.2, 0.25) is 0 Å². The van der Waals surface area contributed by atoms with Crippen molar-refractivity contribution >= 4 is 11.8 Å². The van der Waals surface area contributed by atoms with Crippen molar-refractivity contribution in [2.24, 2.45) is 0 Å². The van der Waals surface area contributed by atoms with Crippen molar-refractivity contribution < 1.29 is 14.7 Å². The molecule has 2 amide bonds. The average Bonchev–Trinajstić information content (AvgIpc) is 2.68. The lowest BCUT2D eigenvalue weighted by molar-refractivity contribution is 0.0285. The van der Waals surface area contributed by atoms with Gasteiger partial charge >= 0.3 is 0 Å². The zero-order valence-corrected chi connectivity index (χ0v) is 14.0. The number of hydrazine groups is 1. The van der Waals surface area contributed by atoms with Gasteiger partial charge < -0.3 is 5.11 Å². The number of nitrogens with zero attached hydrogens (tertiary/aromatic N) is 1. The predicted octanol–water partition coefficient (Wildman–Crippen LogP) is 2.78. The van der Waals surface area contributed by atoms with E-state index in [2.05, 4.69) is 5.43 Å². The fraction of sp³-hybridized carbons (Fsp3) is 0.300. The first-order chi connectivity index (χ1) is 12.2. The minimum atomic E-state index is -0.566. The molecule has 0 spiro atoms. The van der Waals surface area contributed by atoms with Crippen molar-refractivity contribution in [2.45, 2.75) is 37.8 Å². The summed E-state index contributed by atoms with van der Waals surface area (Å²) in [7, 11) is 0. The van der Waals surface area contributed by atoms with E-state index in [9.17, 15) is 14.7 Å². The molecule has 5 heteroatoms. The first-order valence-corrected chi connectivity index (χ1v) is 8.60. The van der Waals surface area contributed by atoms with E-state index in [1.165, 1.54) is 0 Å². The molecule has 0 unspecified atom stereocenters. The molecular weight excluding hydrogens is 316 g/mol. The molecule has 0 saturated heterocycles. The number of aliphatic hydroxyl groups is 1. The lowest BCUT2D eigenvalue weighted by atomic mass is 9.93. The number of benzene rings is 2. The largest absolute Gasteiger partial charge is 0.391 e. The number of carbonyl (C=O) groups is 2. The number of hydrogen-bond donors (Lipinski definition) is 2. The number of aliphatic hydroxyl groups excluding tert-OH is 1. The molecule has 0 aliphatic heterocycles. The maximum atomic E-state index is 12.9. The van der Waals surface area contributed by atoms with Crippen LogP contribution < -0.4 is 5.43 Å². The number of carbonyl (C=O) groups excluding carboxylic acids is 2. The normalized spacial score (nSPS) is 20.0. The Labute approximate surface area is 147 Å². The van der Waals surface area contributed by atoms with Gasteiger partial charge in [-0.3, -0.25) is 9.59 Å². The fourth-order valence-electron chi connectivity index (χ4n) is 3.06. The first-order valence-electron chi connectivity index (χ1n) is 8.60. The Bertz CT molecular complexity index is 667. The molecule has 5 nitrogen and oxygen atoms in total. The molecule has 0 radical (unpaired) electrons. The highest BCUT2D eigenvalue weighted by atomic mass is 16.3. The molecule has 2 atom stereocenters. The highest BCUT2D eigenvalue weighted by molar-refractivity contribution is 6.09. The summed E-state index contributed by atoms with van der Waals surface area (Å²) < 4.78 is 0. The van der Waals surface area contributed by atoms with Gasteiger partial charge in [-0.25, -0.2) is 10.4 Å². The SMILES string of the molecule is O=C(c1ccccc1)N(N[C@@H]1CCCC[C@H]1O)C(=O)c1ccccc1. The number of hydrogen-bond acceptors (Lipinski definition) is 4. The summed E-state index contributed by atoms with van der Waals surface area (Å²) in [4.78, 5) is 25.8. The molecule has 2 aromatic carbocycles. The van der Waals surface area contributed by atoms with E-state index in [1.807, 2.05) is 12.1 Å². The van der Waals surface area contributed by atoms with Crippen molar-refractivity contribution in [3.8, 4) is 0 Å². The second-order valence-electron chi connectivity index (χ2n) is 6.27. The molecule has 2 N–H and O–H groups in total. The Morgan fingerprint density at radius 3 is 1.80 bits per heavy atom. The zero-order chi connectivity index (χ0) is 17.6. The predicted molar refractivity (Wildman–Crippen MR) is 94.8 cm³/mol. The van der Waals surface area contributed by atoms with E-state index < -0.39 is 17.9 Å². The molecule has 1 aliphatic rings. The molecule has 1 saturated carbocycles. The maximum absolute atomic E-state index is 12.9. The summed E-state index contributed by atoms with van der Waals surface area (Å²) >= 11 is 0. The fourth-order valence-corrected chi connectivity index (χ4v) is 3.06. The molecule has 25 heavy (non-hydrogen) atoms. The zero-order valence-electron chi connectivity index (χ0n) is 14.0. The van der Waals surface area contributed by atoms with E-state index in [1.54, 1.807) is 48.5 Å². The van der Waals surface area contributed by atoms with Crippen molar-refractivity contribution in [1.29, 1.82) is 0 Å². The third-order valence-corrected chi connectivity index (χ3v) is 4.47. The minimum absolute atomic E-state index is 0.311. The van der Waals surface area contributed by atoms with E-state index in [0.717, 1.165) is 24.3 Å². The highest BCUT2D eigenvalue weighted by Crippen LogP contribution is 2.20. The Morgan fingerprint density at radius 1 is 0.840 bits per heavy atom. The summed E-state index contributed by atoms with van der Waals surface area (Å²) in [6.45, 7) is 0. The summed E-state index contributed by atoms with van der Waals surface area (Å²) in [5.74, 6) is -0.848. The number of amides is 2. The maximum Gasteiger partial charge on any atom is 0.275 e. The van der Waals surface area contributed by atoms with Crippen LogP contribution in [0.4, 0.5) is 0 Å². The van der Waals surface area contributed by atoms with Gasteiger partial charge in [0, 0.05) is 11.1 Å². The van der Waals surface area contributed by atoms with Crippen LogP contribution in [0.1, 0.15) is 46.4 Å². The van der Waals surface area contributed by atoms with Crippen molar-refractivity contribution in [3.05, 3.63) is 71.8 Å². The number of nitrogens with one attached hydrogen (secondary N) is 1. The Morgan fingerprint density at radius 2 is 1.32 bits per heavy atom. The van der Waals surface area contributed by atoms with Crippen LogP contribution in [-0.4, -0.2) is 34.1 Å². The minimum Gasteiger partial charge on any atom is -0.391 e. The second-order valence-corrected chi connectivity index (χ2v) is 6.27. The molecule has 3 rings (SSSR count). The summed E-state index contributed by atoms with van der Waals surface area (Å²) in [5.41, 5.74) is 3.83. The Balaban J connectivity index is 1.87. The van der Waals surface area contributed by atoms with E-state index in [0.29, 0.717) is 17.5 Å². The van der Waals surface area contributed by atoms with Crippen LogP contribution in [0.2, 0.25) is 0 Å². The molecule has 0 heterocycles. The van der Waals surface area contributed by atoms with Crippen LogP contribution in [0.15, 0.2) is 60.7 Å². The molecule has 0 aromatic heterocycles. The Kier molecular flexibility index (Phi) is 5.58. The van der Waals surface area contributed by atoms with Crippen molar-refractivity contribution in [1.82, 2.24) is 10.4 Å². The van der Waals surface area contributed by atoms with Crippen LogP contribution in [0.3, 0.4) is 0 Å². The van der Waals surface area contributed by atoms with Gasteiger partial charge in [0.15, 0.2) is 0 Å². The van der Waals surface area contributed by atoms with Crippen LogP contribution in [0, 0.1) is 0 Å². The Hall–Kier alpha value is -2.50. The van der Waals surface area contributed by atoms with E-state index >= 15 is 0 Å². The third kappa shape index (κ3) is 4.13. The van der Waals surface area contributed by atoms with Crippen LogP contribution in [0.25, 0.3) is 0 Å². The molecular formula is C20H22N2O3. The van der Waals surface area contributed by atoms with Crippen molar-refractivity contribution in [2.75, 3.05) is 0 Å². The monoisotopic (exact) mass is 338 g/mol. The molecule has 2 aromatic rings. The highest BCUT2D eigenvalue weighted by Gasteiger charge is 2.31. The van der Waals surface area contributed by atoms with E-state index in [-0.39, 0.29) is 6.04 Å². The van der Waals surface area contributed by atoms with Crippen LogP contribution in [-0.2, 0) is 0 Å². The first kappa shape index (κ1) is 17.3. The molecule has 130 valence electrons. The summed E-state index contributed by atoms with van der Waals surface area (Å²) in [6.07, 6.45) is 2.75. The van der Waals surface area contributed by atoms with Crippen LogP contribution in [0.5, 0.6) is 0 Å². The molecule has 0 bridgehead atoms. The second kappa shape index (κ2) is 8.05. The standard InChI is InChI=1S/C20H22N2O3/c23-18-14-8-7-13-17(18)21-22(19(24)15-9-3-1-4-10-15)20(25)16-11-5-2-6-12-16/h1-6,9-12,17-18,21,23H,7-8,13-14H2/t17-,18-/m1/s1. The smallest absolute Gasteiger partial charge is 0.275 e. The summed E-state index contributed by atoms with van der Waals surface area (Å²) in [6, 6.07) is 17.0. The lowest BCUT2D eigenvalue weighted by Gasteiger charge is -2.33. The average molecular weight is 338 g/mol. The quantitative estimate of drug-likeness (QED) is 0.664. The summed E-state index contributed by atoms with van der Waals surface area (Å²) in [5, 5.41) is 11.3. The molecule has 1 fully saturated rings. The van der Waals surface area contributed by atoms with Gasteiger partial charge in [-0.2, -0.15) is 0 Å². The van der Waals surface area contributed by atoms with E-state index in [4.69, 9.17) is 0 Å². The topological polar surface area (TPSA) is 69.6 Å². The number of rotatable bonds is 4. The van der Waals surface area contributed by atoms with Gasteiger partial charge in [-0.05, 0) is 37.1 Å². The van der Waals surface area contributed by atoms with Gasteiger partial charge in [-0.1, -0.05) is 49.2 Å². The van der Waals surface area contributed by atoms with Gasteiger partial charge in [-0.15, -0.1) is 0 Å². The molecule has 1 aliphatic carbocycles. The van der Waals surface area contributed by atoms with Gasteiger partial charge in [0.05, 0.1) is 12.1 Å². The number of imide groups is 1. The lowest BCUT2D eigenvalue weighted by Crippen LogP contribution is -2.55. The van der Waals surface area contributed by atoms with Gasteiger partial charge in [0.25, 0.3) is 11.8 Å².